The Morgan fingerprint density at radius 2 is 1.60 bits per heavy atom. The number of sulfonamides is 1. The Labute approximate surface area is 245 Å². The summed E-state index contributed by atoms with van der Waals surface area (Å²) in [5.74, 6) is -0.659. The minimum absolute atomic E-state index is 0.00115. The Bertz CT molecular complexity index is 1420. The van der Waals surface area contributed by atoms with Gasteiger partial charge in [0.1, 0.15) is 18.3 Å². The van der Waals surface area contributed by atoms with Gasteiger partial charge in [-0.1, -0.05) is 60.5 Å². The van der Waals surface area contributed by atoms with Crippen LogP contribution in [0.4, 0.5) is 5.69 Å². The summed E-state index contributed by atoms with van der Waals surface area (Å²) in [6.07, 6.45) is 0.720. The van der Waals surface area contributed by atoms with E-state index in [1.807, 2.05) is 6.92 Å². The van der Waals surface area contributed by atoms with Gasteiger partial charge in [0.15, 0.2) is 0 Å². The van der Waals surface area contributed by atoms with Gasteiger partial charge >= 0.3 is 0 Å². The van der Waals surface area contributed by atoms with Crippen LogP contribution in [0.1, 0.15) is 32.8 Å². The first kappa shape index (κ1) is 31.3. The Morgan fingerprint density at radius 3 is 2.25 bits per heavy atom. The Hall–Kier alpha value is -3.27. The predicted octanol–water partition coefficient (Wildman–Crippen LogP) is 5.53. The Balaban J connectivity index is 2.08. The van der Waals surface area contributed by atoms with E-state index < -0.39 is 28.5 Å². The lowest BCUT2D eigenvalue weighted by Crippen LogP contribution is -2.51. The fourth-order valence-electron chi connectivity index (χ4n) is 3.98. The number of benzene rings is 3. The first-order valence-electron chi connectivity index (χ1n) is 12.9. The molecule has 1 unspecified atom stereocenters. The summed E-state index contributed by atoms with van der Waals surface area (Å²) in [5.41, 5.74) is 0.808. The molecule has 0 spiro atoms. The molecule has 0 aromatic heterocycles. The number of anilines is 1. The maximum Gasteiger partial charge on any atom is 0.264 e. The molecule has 1 atom stereocenters. The summed E-state index contributed by atoms with van der Waals surface area (Å²) >= 11 is 12.4. The zero-order valence-corrected chi connectivity index (χ0v) is 25.0. The van der Waals surface area contributed by atoms with Gasteiger partial charge in [-0.2, -0.15) is 0 Å². The summed E-state index contributed by atoms with van der Waals surface area (Å²) in [5, 5.41) is 3.60. The van der Waals surface area contributed by atoms with Gasteiger partial charge < -0.3 is 15.0 Å². The number of amides is 2. The third kappa shape index (κ3) is 7.68. The second-order valence-corrected chi connectivity index (χ2v) is 11.7. The number of halogens is 2. The monoisotopic (exact) mass is 605 g/mol. The number of ether oxygens (including phenoxy) is 1. The molecule has 0 saturated heterocycles. The van der Waals surface area contributed by atoms with Crippen LogP contribution in [0.3, 0.4) is 0 Å². The minimum atomic E-state index is -4.26. The normalized spacial score (nSPS) is 11.9. The SMILES string of the molecule is CCCNC(=O)C(C)N(Cc1ccccc1Cl)C(=O)CN(c1ccccc1OCC)S(=O)(=O)c1ccc(Cl)cc1. The lowest BCUT2D eigenvalue weighted by atomic mass is 10.1. The highest BCUT2D eigenvalue weighted by Gasteiger charge is 2.34. The van der Waals surface area contributed by atoms with E-state index in [2.05, 4.69) is 5.32 Å². The molecule has 0 radical (unpaired) electrons. The van der Waals surface area contributed by atoms with E-state index in [-0.39, 0.29) is 29.6 Å². The molecule has 3 aromatic rings. The van der Waals surface area contributed by atoms with Crippen molar-refractivity contribution in [3.63, 3.8) is 0 Å². The van der Waals surface area contributed by atoms with Gasteiger partial charge in [-0.15, -0.1) is 0 Å². The lowest BCUT2D eigenvalue weighted by molar-refractivity contribution is -0.139. The van der Waals surface area contributed by atoms with Crippen LogP contribution in [0.2, 0.25) is 10.0 Å². The van der Waals surface area contributed by atoms with Crippen molar-refractivity contribution in [1.29, 1.82) is 0 Å². The van der Waals surface area contributed by atoms with Crippen LogP contribution < -0.4 is 14.4 Å². The molecule has 0 saturated carbocycles. The zero-order chi connectivity index (χ0) is 29.3. The zero-order valence-electron chi connectivity index (χ0n) is 22.6. The summed E-state index contributed by atoms with van der Waals surface area (Å²) in [6.45, 7) is 5.44. The van der Waals surface area contributed by atoms with Crippen molar-refractivity contribution in [2.75, 3.05) is 24.0 Å². The van der Waals surface area contributed by atoms with Crippen molar-refractivity contribution in [3.8, 4) is 5.75 Å². The fraction of sp³-hybridized carbons (Fsp3) is 0.310. The topological polar surface area (TPSA) is 96.0 Å². The van der Waals surface area contributed by atoms with Crippen molar-refractivity contribution < 1.29 is 22.7 Å². The average Bonchev–Trinajstić information content (AvgIpc) is 2.94. The molecule has 1 N–H and O–H groups in total. The standard InChI is InChI=1S/C29H33Cl2N3O5S/c1-4-18-32-29(36)21(3)33(19-22-10-6-7-11-25(22)31)28(35)20-34(26-12-8-9-13-27(26)39-5-2)40(37,38)24-16-14-23(30)15-17-24/h6-17,21H,4-5,18-20H2,1-3H3,(H,32,36). The van der Waals surface area contributed by atoms with Gasteiger partial charge in [-0.25, -0.2) is 8.42 Å². The third-order valence-corrected chi connectivity index (χ3v) is 8.52. The van der Waals surface area contributed by atoms with E-state index in [9.17, 15) is 18.0 Å². The van der Waals surface area contributed by atoms with E-state index in [0.29, 0.717) is 27.9 Å². The van der Waals surface area contributed by atoms with Crippen molar-refractivity contribution in [1.82, 2.24) is 10.2 Å². The molecular formula is C29H33Cl2N3O5S. The van der Waals surface area contributed by atoms with E-state index in [4.69, 9.17) is 27.9 Å². The first-order chi connectivity index (χ1) is 19.1. The summed E-state index contributed by atoms with van der Waals surface area (Å²) in [6, 6.07) is 18.4. The van der Waals surface area contributed by atoms with Crippen LogP contribution in [0.5, 0.6) is 5.75 Å². The van der Waals surface area contributed by atoms with Gasteiger partial charge in [-0.05, 0) is 68.3 Å². The molecule has 11 heteroatoms. The Kier molecular flexibility index (Phi) is 11.2. The molecule has 0 aliphatic rings. The van der Waals surface area contributed by atoms with Gasteiger partial charge in [0.2, 0.25) is 11.8 Å². The highest BCUT2D eigenvalue weighted by atomic mass is 35.5. The van der Waals surface area contributed by atoms with Gasteiger partial charge in [0.05, 0.1) is 17.2 Å². The molecule has 2 amide bonds. The van der Waals surface area contributed by atoms with E-state index in [1.54, 1.807) is 62.4 Å². The number of carbonyl (C=O) groups is 2. The molecule has 8 nitrogen and oxygen atoms in total. The van der Waals surface area contributed by atoms with E-state index >= 15 is 0 Å². The molecule has 0 fully saturated rings. The van der Waals surface area contributed by atoms with Crippen LogP contribution in [-0.4, -0.2) is 50.9 Å². The van der Waals surface area contributed by atoms with Crippen LogP contribution in [0.15, 0.2) is 77.7 Å². The first-order valence-corrected chi connectivity index (χ1v) is 15.1. The lowest BCUT2D eigenvalue weighted by Gasteiger charge is -2.32. The fourth-order valence-corrected chi connectivity index (χ4v) is 5.72. The highest BCUT2D eigenvalue weighted by Crippen LogP contribution is 2.33. The van der Waals surface area contributed by atoms with Crippen molar-refractivity contribution in [2.24, 2.45) is 0 Å². The van der Waals surface area contributed by atoms with Gasteiger partial charge in [0.25, 0.3) is 10.0 Å². The molecular weight excluding hydrogens is 573 g/mol. The maximum absolute atomic E-state index is 14.0. The molecule has 214 valence electrons. The molecule has 0 bridgehead atoms. The van der Waals surface area contributed by atoms with E-state index in [1.165, 1.54) is 29.2 Å². The van der Waals surface area contributed by atoms with Crippen molar-refractivity contribution in [3.05, 3.63) is 88.4 Å². The van der Waals surface area contributed by atoms with Gasteiger partial charge in [-0.3, -0.25) is 13.9 Å². The number of nitrogens with zero attached hydrogens (tertiary/aromatic N) is 2. The molecule has 0 heterocycles. The summed E-state index contributed by atoms with van der Waals surface area (Å²) < 4.78 is 34.7. The molecule has 40 heavy (non-hydrogen) atoms. The second-order valence-electron chi connectivity index (χ2n) is 8.95. The number of hydrogen-bond donors (Lipinski definition) is 1. The number of hydrogen-bond acceptors (Lipinski definition) is 5. The molecule has 3 rings (SSSR count). The minimum Gasteiger partial charge on any atom is -0.492 e. The average molecular weight is 607 g/mol. The van der Waals surface area contributed by atoms with Crippen LogP contribution >= 0.6 is 23.2 Å². The number of rotatable bonds is 13. The number of para-hydroxylation sites is 2. The largest absolute Gasteiger partial charge is 0.492 e. The maximum atomic E-state index is 14.0. The van der Waals surface area contributed by atoms with Crippen LogP contribution in [0, 0.1) is 0 Å². The summed E-state index contributed by atoms with van der Waals surface area (Å²) in [7, 11) is -4.26. The van der Waals surface area contributed by atoms with Crippen LogP contribution in [0.25, 0.3) is 0 Å². The van der Waals surface area contributed by atoms with Crippen molar-refractivity contribution >= 4 is 50.7 Å². The molecule has 0 aliphatic carbocycles. The number of nitrogens with one attached hydrogen (secondary N) is 1. The smallest absolute Gasteiger partial charge is 0.264 e. The van der Waals surface area contributed by atoms with E-state index in [0.717, 1.165) is 10.7 Å². The quantitative estimate of drug-likeness (QED) is 0.276. The second kappa shape index (κ2) is 14.4. The number of carbonyl (C=O) groups excluding carboxylic acids is 2. The highest BCUT2D eigenvalue weighted by molar-refractivity contribution is 7.92. The predicted molar refractivity (Wildman–Crippen MR) is 158 cm³/mol. The van der Waals surface area contributed by atoms with Crippen molar-refractivity contribution in [2.45, 2.75) is 44.7 Å². The third-order valence-electron chi connectivity index (χ3n) is 6.13. The molecule has 3 aromatic carbocycles. The summed E-state index contributed by atoms with van der Waals surface area (Å²) in [4.78, 5) is 28.2. The Morgan fingerprint density at radius 1 is 0.950 bits per heavy atom. The van der Waals surface area contributed by atoms with Gasteiger partial charge in [0, 0.05) is 23.1 Å². The molecule has 0 aliphatic heterocycles. The van der Waals surface area contributed by atoms with Crippen LogP contribution in [-0.2, 0) is 26.2 Å².